The third-order valence-corrected chi connectivity index (χ3v) is 9.50. The number of amides is 5. The molecule has 2 saturated heterocycles. The van der Waals surface area contributed by atoms with Crippen molar-refractivity contribution in [2.75, 3.05) is 51.7 Å². The smallest absolute Gasteiger partial charge is 0.410 e. The summed E-state index contributed by atoms with van der Waals surface area (Å²) in [5.74, 6) is 4.15. The predicted octanol–water partition coefficient (Wildman–Crippen LogP) is 3.32. The highest BCUT2D eigenvalue weighted by Gasteiger charge is 2.33. The average molecular weight is 739 g/mol. The summed E-state index contributed by atoms with van der Waals surface area (Å²) in [6.07, 6.45) is 1.39. The molecule has 3 aliphatic heterocycles. The summed E-state index contributed by atoms with van der Waals surface area (Å²) in [7, 11) is 1.39. The Morgan fingerprint density at radius 3 is 2.55 bits per heavy atom. The van der Waals surface area contributed by atoms with Gasteiger partial charge in [-0.25, -0.2) is 20.1 Å². The quantitative estimate of drug-likeness (QED) is 0.261. The lowest BCUT2D eigenvalue weighted by Gasteiger charge is -2.37. The van der Waals surface area contributed by atoms with Crippen LogP contribution in [0.1, 0.15) is 36.8 Å². The van der Waals surface area contributed by atoms with E-state index in [0.717, 1.165) is 17.7 Å². The number of phenols is 1. The first-order chi connectivity index (χ1) is 23.7. The summed E-state index contributed by atoms with van der Waals surface area (Å²) in [6.45, 7) is 2.87. The van der Waals surface area contributed by atoms with Crippen molar-refractivity contribution >= 4 is 57.3 Å². The van der Waals surface area contributed by atoms with Gasteiger partial charge in [0.25, 0.3) is 11.8 Å². The van der Waals surface area contributed by atoms with Crippen LogP contribution in [0, 0.1) is 0 Å². The number of piperidine rings is 2. The molecule has 0 radical (unpaired) electrons. The molecule has 0 aliphatic carbocycles. The molecule has 0 aromatic heterocycles. The second kappa shape index (κ2) is 17.2. The van der Waals surface area contributed by atoms with Gasteiger partial charge in [-0.2, -0.15) is 4.99 Å². The number of nitrogens with one attached hydrogen (secondary N) is 2. The minimum absolute atomic E-state index is 0.0197. The molecule has 5 rings (SSSR count). The molecule has 260 valence electrons. The molecule has 14 nitrogen and oxygen atoms in total. The molecular formula is C34H40BrN7O7. The summed E-state index contributed by atoms with van der Waals surface area (Å²) in [5.41, 5.74) is 4.85. The highest BCUT2D eigenvalue weighted by atomic mass is 79.9. The molecule has 0 spiro atoms. The Labute approximate surface area is 292 Å². The van der Waals surface area contributed by atoms with Gasteiger partial charge in [-0.15, -0.1) is 0 Å². The zero-order valence-corrected chi connectivity index (χ0v) is 28.9. The van der Waals surface area contributed by atoms with Crippen molar-refractivity contribution in [2.45, 2.75) is 56.7 Å². The number of ether oxygens (including phenoxy) is 1. The number of aromatic hydroxyl groups is 1. The van der Waals surface area contributed by atoms with Crippen LogP contribution in [0.4, 0.5) is 15.3 Å². The first-order valence-electron chi connectivity index (χ1n) is 16.3. The zero-order chi connectivity index (χ0) is 34.8. The fraction of sp³-hybridized carbons (Fsp3) is 0.471. The van der Waals surface area contributed by atoms with E-state index in [0.29, 0.717) is 68.4 Å². The van der Waals surface area contributed by atoms with E-state index in [1.165, 1.54) is 13.2 Å². The normalized spacial score (nSPS) is 17.8. The summed E-state index contributed by atoms with van der Waals surface area (Å²) < 4.78 is 6.16. The highest BCUT2D eigenvalue weighted by Crippen LogP contribution is 2.27. The van der Waals surface area contributed by atoms with Crippen molar-refractivity contribution in [1.29, 1.82) is 0 Å². The Morgan fingerprint density at radius 1 is 1.06 bits per heavy atom. The molecule has 5 amide bonds. The number of phenolic OH excluding ortho intramolecular Hbond substituents is 1. The molecule has 3 N–H and O–H groups in total. The Hall–Kier alpha value is -4.52. The molecule has 1 atom stereocenters. The lowest BCUT2D eigenvalue weighted by atomic mass is 10.0. The van der Waals surface area contributed by atoms with Gasteiger partial charge in [0, 0.05) is 50.9 Å². The zero-order valence-electron chi connectivity index (χ0n) is 27.3. The van der Waals surface area contributed by atoms with Gasteiger partial charge in [-0.05, 0) is 77.4 Å². The minimum atomic E-state index is -1.26. The lowest BCUT2D eigenvalue weighted by molar-refractivity contribution is -0.132. The van der Waals surface area contributed by atoms with Crippen LogP contribution in [0.15, 0.2) is 56.9 Å². The predicted molar refractivity (Wildman–Crippen MR) is 185 cm³/mol. The standard InChI is InChI=1S/C34H40BrN7O7/c1-48-39-31(44)22-40-15-9-25(10-16-40)36-13-14-37-32(45)30(21-23-6-7-29(43)27(35)20-23)49-34(47)41-17-11-26(12-18-41)42-19-8-24-4-2-3-5-28(24)38-33(42)46/h2-7,20,25-26,30,43H,8-12,15-19,21-22H2,1H3,(H,38,46)(H,39,44)/t30-/m1/s1. The maximum Gasteiger partial charge on any atom is 0.410 e. The van der Waals surface area contributed by atoms with Crippen LogP contribution in [0.3, 0.4) is 0 Å². The van der Waals surface area contributed by atoms with E-state index >= 15 is 0 Å². The van der Waals surface area contributed by atoms with Gasteiger partial charge in [0.15, 0.2) is 6.10 Å². The Balaban J connectivity index is 1.18. The molecule has 2 aromatic rings. The molecule has 0 saturated carbocycles. The molecule has 3 heterocycles. The Kier molecular flexibility index (Phi) is 12.6. The van der Waals surface area contributed by atoms with E-state index in [-0.39, 0.29) is 42.7 Å². The van der Waals surface area contributed by atoms with Gasteiger partial charge in [-0.1, -0.05) is 24.3 Å². The van der Waals surface area contributed by atoms with E-state index in [1.54, 1.807) is 17.0 Å². The summed E-state index contributed by atoms with van der Waals surface area (Å²) in [5, 5.41) is 12.9. The fourth-order valence-corrected chi connectivity index (χ4v) is 6.62. The van der Waals surface area contributed by atoms with Crippen LogP contribution in [-0.2, 0) is 32.0 Å². The first-order valence-corrected chi connectivity index (χ1v) is 17.1. The number of carbonyl (C=O) groups excluding carboxylic acids is 4. The molecule has 49 heavy (non-hydrogen) atoms. The average Bonchev–Trinajstić information content (AvgIpc) is 3.26. The number of hydrogen-bond donors (Lipinski definition) is 3. The molecule has 15 heteroatoms. The number of fused-ring (bicyclic) bond motifs is 1. The number of anilines is 1. The number of para-hydroxylation sites is 1. The summed E-state index contributed by atoms with van der Waals surface area (Å²) in [4.78, 5) is 69.5. The number of nitrogens with zero attached hydrogens (tertiary/aromatic N) is 5. The number of benzene rings is 2. The van der Waals surface area contributed by atoms with Crippen LogP contribution >= 0.6 is 15.9 Å². The molecule has 2 fully saturated rings. The maximum absolute atomic E-state index is 13.3. The number of rotatable bonds is 9. The second-order valence-electron chi connectivity index (χ2n) is 12.2. The number of hydroxylamine groups is 1. The lowest BCUT2D eigenvalue weighted by Crippen LogP contribution is -2.50. The largest absolute Gasteiger partial charge is 0.507 e. The third kappa shape index (κ3) is 10.0. The number of likely N-dealkylation sites (tertiary alicyclic amines) is 2. The SMILES string of the molecule is CONC(=O)CN1CCC(N=C=C=NC(=O)[C@@H](Cc2ccc(O)c(Br)c2)OC(=O)N2CCC(N3CCc4ccccc4NC3=O)CC2)CC1. The second-order valence-corrected chi connectivity index (χ2v) is 13.0. The van der Waals surface area contributed by atoms with Crippen molar-refractivity contribution < 1.29 is 33.9 Å². The fourth-order valence-electron chi connectivity index (χ4n) is 6.19. The van der Waals surface area contributed by atoms with Crippen LogP contribution in [0.5, 0.6) is 5.75 Å². The van der Waals surface area contributed by atoms with Gasteiger partial charge < -0.3 is 25.0 Å². The van der Waals surface area contributed by atoms with E-state index in [9.17, 15) is 24.3 Å². The Bertz CT molecular complexity index is 1630. The van der Waals surface area contributed by atoms with E-state index < -0.39 is 18.1 Å². The summed E-state index contributed by atoms with van der Waals surface area (Å²) in [6, 6.07) is 12.3. The number of urea groups is 1. The molecular weight excluding hydrogens is 698 g/mol. The molecule has 3 aliphatic rings. The maximum atomic E-state index is 13.3. The van der Waals surface area contributed by atoms with E-state index in [4.69, 9.17) is 4.74 Å². The van der Waals surface area contributed by atoms with Crippen molar-refractivity contribution in [3.63, 3.8) is 0 Å². The van der Waals surface area contributed by atoms with Crippen LogP contribution in [0.2, 0.25) is 0 Å². The van der Waals surface area contributed by atoms with Crippen molar-refractivity contribution in [1.82, 2.24) is 20.2 Å². The highest BCUT2D eigenvalue weighted by molar-refractivity contribution is 9.10. The van der Waals surface area contributed by atoms with Gasteiger partial charge in [-0.3, -0.25) is 19.3 Å². The molecule has 0 unspecified atom stereocenters. The number of carbonyl (C=O) groups is 4. The van der Waals surface area contributed by atoms with Gasteiger partial charge in [0.2, 0.25) is 0 Å². The van der Waals surface area contributed by atoms with Gasteiger partial charge in [0.1, 0.15) is 5.75 Å². The van der Waals surface area contributed by atoms with E-state index in [2.05, 4.69) is 53.3 Å². The van der Waals surface area contributed by atoms with E-state index in [1.807, 2.05) is 34.1 Å². The van der Waals surface area contributed by atoms with Crippen molar-refractivity contribution in [3.05, 3.63) is 58.1 Å². The Morgan fingerprint density at radius 2 is 1.82 bits per heavy atom. The minimum Gasteiger partial charge on any atom is -0.507 e. The first kappa shape index (κ1) is 35.8. The van der Waals surface area contributed by atoms with Crippen molar-refractivity contribution in [2.24, 2.45) is 9.98 Å². The number of hydrogen-bond acceptors (Lipinski definition) is 9. The van der Waals surface area contributed by atoms with Gasteiger partial charge in [0.05, 0.1) is 35.9 Å². The number of aliphatic imine (C=N–C) groups is 2. The monoisotopic (exact) mass is 737 g/mol. The van der Waals surface area contributed by atoms with Crippen molar-refractivity contribution in [3.8, 4) is 5.75 Å². The van der Waals surface area contributed by atoms with Crippen LogP contribution < -0.4 is 10.8 Å². The van der Waals surface area contributed by atoms with Gasteiger partial charge >= 0.3 is 12.1 Å². The number of halogens is 1. The molecule has 2 aromatic carbocycles. The topological polar surface area (TPSA) is 165 Å². The molecule has 0 bridgehead atoms. The summed E-state index contributed by atoms with van der Waals surface area (Å²) >= 11 is 3.28. The van der Waals surface area contributed by atoms with Crippen LogP contribution in [-0.4, -0.2) is 120 Å². The van der Waals surface area contributed by atoms with Crippen LogP contribution in [0.25, 0.3) is 0 Å². The third-order valence-electron chi connectivity index (χ3n) is 8.86.